The van der Waals surface area contributed by atoms with Crippen LogP contribution in [-0.4, -0.2) is 36.1 Å². The lowest BCUT2D eigenvalue weighted by Gasteiger charge is -2.37. The SMILES string of the molecule is CC(C)(F)C[C@@H]1N[C@@](c2ccc(Br)cc2)(C(F)(F)F)C#CCCC[C@@H](C=O)NC1=O. The minimum atomic E-state index is -4.91. The van der Waals surface area contributed by atoms with Crippen LogP contribution in [0, 0.1) is 11.8 Å². The van der Waals surface area contributed by atoms with Gasteiger partial charge < -0.3 is 10.1 Å². The van der Waals surface area contributed by atoms with Gasteiger partial charge in [0.05, 0.1) is 12.1 Å². The molecule has 164 valence electrons. The zero-order valence-corrected chi connectivity index (χ0v) is 18.2. The van der Waals surface area contributed by atoms with Crippen molar-refractivity contribution in [2.75, 3.05) is 0 Å². The van der Waals surface area contributed by atoms with Gasteiger partial charge in [0.15, 0.2) is 0 Å². The molecule has 1 aliphatic rings. The summed E-state index contributed by atoms with van der Waals surface area (Å²) in [5.41, 5.74) is -5.05. The van der Waals surface area contributed by atoms with E-state index in [9.17, 15) is 27.2 Å². The smallest absolute Gasteiger partial charge is 0.345 e. The van der Waals surface area contributed by atoms with Crippen LogP contribution in [0.2, 0.25) is 0 Å². The molecule has 1 aliphatic heterocycles. The van der Waals surface area contributed by atoms with Crippen molar-refractivity contribution < 1.29 is 27.2 Å². The quantitative estimate of drug-likeness (QED) is 0.378. The second-order valence-electron chi connectivity index (χ2n) is 7.82. The van der Waals surface area contributed by atoms with Crippen molar-refractivity contribution in [3.05, 3.63) is 34.3 Å². The Bertz CT molecular complexity index is 825. The number of aldehydes is 1. The van der Waals surface area contributed by atoms with Crippen LogP contribution in [-0.2, 0) is 15.1 Å². The molecule has 0 aromatic heterocycles. The van der Waals surface area contributed by atoms with E-state index < -0.39 is 41.8 Å². The molecule has 3 atom stereocenters. The summed E-state index contributed by atoms with van der Waals surface area (Å²) in [7, 11) is 0. The molecule has 0 bridgehead atoms. The predicted molar refractivity (Wildman–Crippen MR) is 108 cm³/mol. The van der Waals surface area contributed by atoms with Crippen LogP contribution in [0.5, 0.6) is 0 Å². The third-order valence-electron chi connectivity index (χ3n) is 4.68. The Balaban J connectivity index is 2.64. The normalized spacial score (nSPS) is 26.0. The maximum Gasteiger partial charge on any atom is 0.422 e. The van der Waals surface area contributed by atoms with Gasteiger partial charge in [-0.25, -0.2) is 4.39 Å². The molecule has 1 aromatic carbocycles. The van der Waals surface area contributed by atoms with Gasteiger partial charge in [0.1, 0.15) is 12.0 Å². The summed E-state index contributed by atoms with van der Waals surface area (Å²) >= 11 is 3.19. The highest BCUT2D eigenvalue weighted by Crippen LogP contribution is 2.40. The highest BCUT2D eigenvalue weighted by molar-refractivity contribution is 9.10. The number of amides is 1. The number of halogens is 5. The van der Waals surface area contributed by atoms with Crippen molar-refractivity contribution in [1.82, 2.24) is 10.6 Å². The molecule has 4 nitrogen and oxygen atoms in total. The highest BCUT2D eigenvalue weighted by atomic mass is 79.9. The lowest BCUT2D eigenvalue weighted by Crippen LogP contribution is -2.61. The summed E-state index contributed by atoms with van der Waals surface area (Å²) in [6, 6.07) is 2.93. The van der Waals surface area contributed by atoms with Gasteiger partial charge in [-0.05, 0) is 44.4 Å². The minimum absolute atomic E-state index is 0.107. The monoisotopic (exact) mass is 490 g/mol. The van der Waals surface area contributed by atoms with E-state index in [0.29, 0.717) is 17.2 Å². The topological polar surface area (TPSA) is 58.2 Å². The zero-order chi connectivity index (χ0) is 22.6. The van der Waals surface area contributed by atoms with Crippen LogP contribution < -0.4 is 10.6 Å². The molecule has 0 radical (unpaired) electrons. The molecule has 2 rings (SSSR count). The first-order chi connectivity index (χ1) is 13.9. The third kappa shape index (κ3) is 6.05. The van der Waals surface area contributed by atoms with E-state index in [1.807, 2.05) is 0 Å². The molecule has 0 fully saturated rings. The van der Waals surface area contributed by atoms with Crippen molar-refractivity contribution >= 4 is 28.1 Å². The fraction of sp³-hybridized carbons (Fsp3) is 0.524. The molecular formula is C21H23BrF4N2O2. The maximum atomic E-state index is 14.4. The molecule has 0 saturated heterocycles. The summed E-state index contributed by atoms with van der Waals surface area (Å²) in [6.45, 7) is 2.34. The van der Waals surface area contributed by atoms with Crippen molar-refractivity contribution in [2.45, 2.75) is 69.0 Å². The fourth-order valence-electron chi connectivity index (χ4n) is 3.23. The average molecular weight is 491 g/mol. The van der Waals surface area contributed by atoms with Gasteiger partial charge >= 0.3 is 6.18 Å². The molecule has 0 unspecified atom stereocenters. The van der Waals surface area contributed by atoms with Gasteiger partial charge in [0.25, 0.3) is 0 Å². The molecule has 2 N–H and O–H groups in total. The molecule has 1 heterocycles. The van der Waals surface area contributed by atoms with Gasteiger partial charge in [0, 0.05) is 17.3 Å². The number of nitrogens with one attached hydrogen (secondary N) is 2. The Kier molecular flexibility index (Phi) is 7.69. The molecule has 1 amide bonds. The van der Waals surface area contributed by atoms with Gasteiger partial charge in [-0.3, -0.25) is 10.1 Å². The van der Waals surface area contributed by atoms with E-state index in [1.165, 1.54) is 38.1 Å². The standard InChI is InChI=1S/C21H23BrF4N2O2/c1-19(2,23)12-17-18(30)27-16(13-29)6-4-3-5-11-20(28-17,21(24,25)26)14-7-9-15(22)10-8-14/h7-10,13,16-17,28H,3-4,6,12H2,1-2H3,(H,27,30)/t16-,17-,20-/m0/s1. The summed E-state index contributed by atoms with van der Waals surface area (Å²) in [5, 5.41) is 4.73. The maximum absolute atomic E-state index is 14.4. The lowest BCUT2D eigenvalue weighted by molar-refractivity contribution is -0.185. The van der Waals surface area contributed by atoms with E-state index in [1.54, 1.807) is 0 Å². The summed E-state index contributed by atoms with van der Waals surface area (Å²) in [5.74, 6) is 3.94. The molecule has 0 saturated carbocycles. The predicted octanol–water partition coefficient (Wildman–Crippen LogP) is 4.17. The van der Waals surface area contributed by atoms with Crippen LogP contribution in [0.15, 0.2) is 28.7 Å². The van der Waals surface area contributed by atoms with Gasteiger partial charge in [-0.1, -0.05) is 34.0 Å². The zero-order valence-electron chi connectivity index (χ0n) is 16.6. The Labute approximate surface area is 181 Å². The number of rotatable bonds is 4. The Morgan fingerprint density at radius 2 is 1.87 bits per heavy atom. The summed E-state index contributed by atoms with van der Waals surface area (Å²) in [4.78, 5) is 24.0. The van der Waals surface area contributed by atoms with Crippen LogP contribution in [0.3, 0.4) is 0 Å². The van der Waals surface area contributed by atoms with E-state index in [0.717, 1.165) is 0 Å². The highest BCUT2D eigenvalue weighted by Gasteiger charge is 2.57. The lowest BCUT2D eigenvalue weighted by atomic mass is 9.86. The van der Waals surface area contributed by atoms with Crippen LogP contribution in [0.25, 0.3) is 0 Å². The number of benzene rings is 1. The molecule has 1 aromatic rings. The third-order valence-corrected chi connectivity index (χ3v) is 5.21. The molecule has 0 spiro atoms. The average Bonchev–Trinajstić information content (AvgIpc) is 2.65. The first kappa shape index (κ1) is 24.4. The number of hydrogen-bond acceptors (Lipinski definition) is 3. The molecular weight excluding hydrogens is 468 g/mol. The van der Waals surface area contributed by atoms with Crippen molar-refractivity contribution in [3.63, 3.8) is 0 Å². The van der Waals surface area contributed by atoms with Crippen molar-refractivity contribution in [1.29, 1.82) is 0 Å². The Morgan fingerprint density at radius 3 is 2.40 bits per heavy atom. The molecule has 30 heavy (non-hydrogen) atoms. The van der Waals surface area contributed by atoms with E-state index >= 15 is 0 Å². The van der Waals surface area contributed by atoms with Gasteiger partial charge in [0.2, 0.25) is 11.4 Å². The fourth-order valence-corrected chi connectivity index (χ4v) is 3.49. The van der Waals surface area contributed by atoms with Crippen molar-refractivity contribution in [2.24, 2.45) is 0 Å². The largest absolute Gasteiger partial charge is 0.422 e. The van der Waals surface area contributed by atoms with Crippen LogP contribution in [0.1, 0.15) is 45.1 Å². The Morgan fingerprint density at radius 1 is 1.23 bits per heavy atom. The first-order valence-corrected chi connectivity index (χ1v) is 10.2. The van der Waals surface area contributed by atoms with Crippen LogP contribution in [0.4, 0.5) is 17.6 Å². The van der Waals surface area contributed by atoms with Gasteiger partial charge in [-0.2, -0.15) is 13.2 Å². The van der Waals surface area contributed by atoms with Gasteiger partial charge in [-0.15, -0.1) is 5.92 Å². The van der Waals surface area contributed by atoms with E-state index in [4.69, 9.17) is 0 Å². The number of hydrogen-bond donors (Lipinski definition) is 2. The second kappa shape index (κ2) is 9.48. The number of alkyl halides is 4. The van der Waals surface area contributed by atoms with E-state index in [2.05, 4.69) is 38.4 Å². The summed E-state index contributed by atoms with van der Waals surface area (Å²) in [6.07, 6.45) is -4.27. The number of carbonyl (C=O) groups is 2. The summed E-state index contributed by atoms with van der Waals surface area (Å²) < 4.78 is 58.3. The Hall–Kier alpha value is -1.92. The number of carbonyl (C=O) groups excluding carboxylic acids is 2. The first-order valence-electron chi connectivity index (χ1n) is 9.43. The second-order valence-corrected chi connectivity index (χ2v) is 8.74. The minimum Gasteiger partial charge on any atom is -0.345 e. The molecule has 0 aliphatic carbocycles. The van der Waals surface area contributed by atoms with Crippen LogP contribution >= 0.6 is 15.9 Å². The van der Waals surface area contributed by atoms with Crippen molar-refractivity contribution in [3.8, 4) is 11.8 Å². The molecule has 9 heteroatoms. The van der Waals surface area contributed by atoms with E-state index in [-0.39, 0.29) is 18.4 Å².